The Hall–Kier alpha value is -0.390. The third kappa shape index (κ3) is 7.53. The topological polar surface area (TPSA) is 49.4 Å². The zero-order valence-electron chi connectivity index (χ0n) is 9.86. The lowest BCUT2D eigenvalue weighted by molar-refractivity contribution is 0.421. The number of rotatable bonds is 8. The monoisotopic (exact) mass is 234 g/mol. The van der Waals surface area contributed by atoms with Crippen LogP contribution in [-0.2, 0) is 10.0 Å². The van der Waals surface area contributed by atoms with Crippen LogP contribution in [-0.4, -0.2) is 45.2 Å². The maximum Gasteiger partial charge on any atom is 0.211 e. The highest BCUT2D eigenvalue weighted by molar-refractivity contribution is 7.88. The number of hydrogen-bond donors (Lipinski definition) is 1. The van der Waals surface area contributed by atoms with E-state index in [1.165, 1.54) is 10.6 Å². The first-order chi connectivity index (χ1) is 7.02. The fraction of sp³-hybridized carbons (Fsp3) is 0.800. The Balaban J connectivity index is 3.65. The molecule has 5 heteroatoms. The number of allylic oxidation sites excluding steroid dienone is 1. The van der Waals surface area contributed by atoms with E-state index in [4.69, 9.17) is 0 Å². The second-order valence-corrected chi connectivity index (χ2v) is 5.36. The van der Waals surface area contributed by atoms with Crippen LogP contribution in [0.25, 0.3) is 0 Å². The van der Waals surface area contributed by atoms with Crippen LogP contribution in [0.2, 0.25) is 0 Å². The molecule has 0 fully saturated rings. The first kappa shape index (κ1) is 14.6. The minimum Gasteiger partial charge on any atom is -0.313 e. The molecule has 0 spiro atoms. The van der Waals surface area contributed by atoms with Gasteiger partial charge in [-0.1, -0.05) is 19.1 Å². The fourth-order valence-electron chi connectivity index (χ4n) is 1.24. The molecule has 1 N–H and O–H groups in total. The standard InChI is InChI=1S/C10H22N2O2S/c1-4-6-8-11-9-7-10-12(5-2)15(3,13)14/h4,6,11H,5,7-10H2,1-3H3/b6-4+. The van der Waals surface area contributed by atoms with Gasteiger partial charge in [-0.3, -0.25) is 0 Å². The van der Waals surface area contributed by atoms with Crippen molar-refractivity contribution in [3.05, 3.63) is 12.2 Å². The molecule has 0 aliphatic heterocycles. The first-order valence-corrected chi connectivity index (χ1v) is 7.14. The van der Waals surface area contributed by atoms with Crippen molar-refractivity contribution in [2.24, 2.45) is 0 Å². The molecular formula is C10H22N2O2S. The second kappa shape index (κ2) is 7.84. The van der Waals surface area contributed by atoms with Gasteiger partial charge in [0.25, 0.3) is 0 Å². The summed E-state index contributed by atoms with van der Waals surface area (Å²) in [6, 6.07) is 0. The Morgan fingerprint density at radius 1 is 1.40 bits per heavy atom. The van der Waals surface area contributed by atoms with E-state index in [0.29, 0.717) is 13.1 Å². The molecule has 0 bridgehead atoms. The van der Waals surface area contributed by atoms with Crippen molar-refractivity contribution in [1.29, 1.82) is 0 Å². The summed E-state index contributed by atoms with van der Waals surface area (Å²) in [7, 11) is -3.02. The van der Waals surface area contributed by atoms with E-state index in [-0.39, 0.29) is 0 Å². The molecule has 0 aliphatic carbocycles. The van der Waals surface area contributed by atoms with Gasteiger partial charge in [0.1, 0.15) is 0 Å². The maximum atomic E-state index is 11.2. The molecule has 0 heterocycles. The fourth-order valence-corrected chi connectivity index (χ4v) is 2.17. The van der Waals surface area contributed by atoms with Crippen LogP contribution in [0.5, 0.6) is 0 Å². The molecule has 0 rings (SSSR count). The average Bonchev–Trinajstić information content (AvgIpc) is 2.15. The van der Waals surface area contributed by atoms with Gasteiger partial charge in [-0.2, -0.15) is 0 Å². The van der Waals surface area contributed by atoms with Crippen LogP contribution < -0.4 is 5.32 Å². The van der Waals surface area contributed by atoms with E-state index in [1.807, 2.05) is 26.0 Å². The lowest BCUT2D eigenvalue weighted by Crippen LogP contribution is -2.32. The molecule has 0 amide bonds. The van der Waals surface area contributed by atoms with E-state index >= 15 is 0 Å². The molecule has 0 saturated heterocycles. The smallest absolute Gasteiger partial charge is 0.211 e. The molecule has 90 valence electrons. The van der Waals surface area contributed by atoms with Crippen LogP contribution in [0.4, 0.5) is 0 Å². The summed E-state index contributed by atoms with van der Waals surface area (Å²) in [5.74, 6) is 0. The number of sulfonamides is 1. The highest BCUT2D eigenvalue weighted by Crippen LogP contribution is 1.97. The molecule has 0 aromatic heterocycles. The largest absolute Gasteiger partial charge is 0.313 e. The van der Waals surface area contributed by atoms with E-state index in [0.717, 1.165) is 19.5 Å². The van der Waals surface area contributed by atoms with E-state index in [1.54, 1.807) is 0 Å². The third-order valence-corrected chi connectivity index (χ3v) is 3.46. The third-order valence-electron chi connectivity index (χ3n) is 2.08. The number of nitrogens with one attached hydrogen (secondary N) is 1. The van der Waals surface area contributed by atoms with Crippen molar-refractivity contribution in [2.45, 2.75) is 20.3 Å². The maximum absolute atomic E-state index is 11.2. The Labute approximate surface area is 93.4 Å². The summed E-state index contributed by atoms with van der Waals surface area (Å²) < 4.78 is 23.9. The van der Waals surface area contributed by atoms with E-state index < -0.39 is 10.0 Å². The zero-order valence-corrected chi connectivity index (χ0v) is 10.7. The summed E-state index contributed by atoms with van der Waals surface area (Å²) in [6.45, 7) is 6.67. The highest BCUT2D eigenvalue weighted by Gasteiger charge is 2.12. The van der Waals surface area contributed by atoms with Crippen molar-refractivity contribution in [2.75, 3.05) is 32.4 Å². The van der Waals surface area contributed by atoms with Gasteiger partial charge in [-0.25, -0.2) is 12.7 Å². The molecule has 0 aliphatic rings. The predicted octanol–water partition coefficient (Wildman–Crippen LogP) is 0.824. The molecule has 0 saturated carbocycles. The van der Waals surface area contributed by atoms with Crippen molar-refractivity contribution >= 4 is 10.0 Å². The van der Waals surface area contributed by atoms with Crippen molar-refractivity contribution in [3.8, 4) is 0 Å². The van der Waals surface area contributed by atoms with Gasteiger partial charge in [0.2, 0.25) is 10.0 Å². The summed E-state index contributed by atoms with van der Waals surface area (Å²) in [5, 5.41) is 3.21. The Morgan fingerprint density at radius 2 is 2.07 bits per heavy atom. The van der Waals surface area contributed by atoms with Crippen molar-refractivity contribution in [3.63, 3.8) is 0 Å². The Kier molecular flexibility index (Phi) is 7.64. The zero-order chi connectivity index (χ0) is 11.7. The molecule has 4 nitrogen and oxygen atoms in total. The summed E-state index contributed by atoms with van der Waals surface area (Å²) in [4.78, 5) is 0. The first-order valence-electron chi connectivity index (χ1n) is 5.29. The van der Waals surface area contributed by atoms with Crippen LogP contribution in [0.1, 0.15) is 20.3 Å². The normalized spacial score (nSPS) is 12.8. The lowest BCUT2D eigenvalue weighted by Gasteiger charge is -2.17. The minimum absolute atomic E-state index is 0.549. The van der Waals surface area contributed by atoms with E-state index in [9.17, 15) is 8.42 Å². The minimum atomic E-state index is -3.02. The van der Waals surface area contributed by atoms with Crippen LogP contribution in [0, 0.1) is 0 Å². The highest BCUT2D eigenvalue weighted by atomic mass is 32.2. The molecule has 0 aromatic rings. The molecule has 0 aromatic carbocycles. The van der Waals surface area contributed by atoms with Crippen molar-refractivity contribution < 1.29 is 8.42 Å². The van der Waals surface area contributed by atoms with Gasteiger partial charge >= 0.3 is 0 Å². The summed E-state index contributed by atoms with van der Waals surface area (Å²) in [6.07, 6.45) is 6.12. The molecular weight excluding hydrogens is 212 g/mol. The van der Waals surface area contributed by atoms with Gasteiger partial charge in [0, 0.05) is 19.6 Å². The average molecular weight is 234 g/mol. The van der Waals surface area contributed by atoms with Crippen LogP contribution in [0.15, 0.2) is 12.2 Å². The van der Waals surface area contributed by atoms with Gasteiger partial charge in [0.15, 0.2) is 0 Å². The second-order valence-electron chi connectivity index (χ2n) is 3.38. The lowest BCUT2D eigenvalue weighted by atomic mass is 10.4. The SMILES string of the molecule is C/C=C/CNCCCN(CC)S(C)(=O)=O. The van der Waals surface area contributed by atoms with Crippen LogP contribution >= 0.6 is 0 Å². The van der Waals surface area contributed by atoms with E-state index in [2.05, 4.69) is 5.32 Å². The van der Waals surface area contributed by atoms with Gasteiger partial charge < -0.3 is 5.32 Å². The van der Waals surface area contributed by atoms with Gasteiger partial charge in [0.05, 0.1) is 6.26 Å². The predicted molar refractivity (Wildman–Crippen MR) is 64.4 cm³/mol. The summed E-state index contributed by atoms with van der Waals surface area (Å²) >= 11 is 0. The van der Waals surface area contributed by atoms with Crippen LogP contribution in [0.3, 0.4) is 0 Å². The van der Waals surface area contributed by atoms with Gasteiger partial charge in [-0.05, 0) is 19.9 Å². The number of nitrogens with zero attached hydrogens (tertiary/aromatic N) is 1. The quantitative estimate of drug-likeness (QED) is 0.500. The molecule has 0 atom stereocenters. The molecule has 0 unspecified atom stereocenters. The molecule has 15 heavy (non-hydrogen) atoms. The van der Waals surface area contributed by atoms with Gasteiger partial charge in [-0.15, -0.1) is 0 Å². The number of hydrogen-bond acceptors (Lipinski definition) is 3. The Morgan fingerprint density at radius 3 is 2.53 bits per heavy atom. The molecule has 0 radical (unpaired) electrons. The summed E-state index contributed by atoms with van der Waals surface area (Å²) in [5.41, 5.74) is 0. The van der Waals surface area contributed by atoms with Crippen molar-refractivity contribution in [1.82, 2.24) is 9.62 Å². The Bertz CT molecular complexity index is 273.